The Hall–Kier alpha value is -1.67. The van der Waals surface area contributed by atoms with Crippen LogP contribution in [0, 0.1) is 5.21 Å². The number of morpholine rings is 1. The molecule has 0 radical (unpaired) electrons. The van der Waals surface area contributed by atoms with Crippen LogP contribution >= 0.6 is 0 Å². The Balaban J connectivity index is 1.35. The fourth-order valence-electron chi connectivity index (χ4n) is 3.64. The third kappa shape index (κ3) is 3.39. The fourth-order valence-corrected chi connectivity index (χ4v) is 3.64. The largest absolute Gasteiger partial charge is 0.603 e. The molecule has 1 saturated heterocycles. The van der Waals surface area contributed by atoms with E-state index < -0.39 is 0 Å². The molecule has 3 aliphatic rings. The summed E-state index contributed by atoms with van der Waals surface area (Å²) in [7, 11) is 0. The molecule has 2 aliphatic heterocycles. The first-order valence-corrected chi connectivity index (χ1v) is 8.88. The van der Waals surface area contributed by atoms with Crippen molar-refractivity contribution in [2.45, 2.75) is 25.7 Å². The second-order valence-corrected chi connectivity index (χ2v) is 6.64. The third-order valence-corrected chi connectivity index (χ3v) is 4.97. The summed E-state index contributed by atoms with van der Waals surface area (Å²) < 4.78 is 5.35. The highest BCUT2D eigenvalue weighted by molar-refractivity contribution is 5.96. The highest BCUT2D eigenvalue weighted by atomic mass is 16.5. The van der Waals surface area contributed by atoms with Gasteiger partial charge in [0.15, 0.2) is 5.69 Å². The second kappa shape index (κ2) is 7.06. The van der Waals surface area contributed by atoms with E-state index in [2.05, 4.69) is 26.7 Å². The van der Waals surface area contributed by atoms with Gasteiger partial charge in [0.25, 0.3) is 0 Å². The average molecular weight is 331 g/mol. The maximum atomic E-state index is 12.3. The van der Waals surface area contributed by atoms with Crippen LogP contribution in [0.4, 0.5) is 11.4 Å². The number of aliphatic imine (C=N–C) groups is 1. The van der Waals surface area contributed by atoms with Crippen LogP contribution in [0.15, 0.2) is 17.1 Å². The molecule has 0 spiro atoms. The number of nitrogens with one attached hydrogen (secondary N) is 3. The van der Waals surface area contributed by atoms with Crippen LogP contribution in [0.2, 0.25) is 0 Å². The molecule has 0 saturated carbocycles. The minimum absolute atomic E-state index is 0.0506. The molecule has 7 heteroatoms. The molecule has 1 fully saturated rings. The molecule has 1 aromatic carbocycles. The van der Waals surface area contributed by atoms with Gasteiger partial charge in [-0.05, 0) is 42.9 Å². The minimum Gasteiger partial charge on any atom is -0.603 e. The van der Waals surface area contributed by atoms with Crippen molar-refractivity contribution in [2.75, 3.05) is 44.7 Å². The van der Waals surface area contributed by atoms with Crippen LogP contribution in [-0.2, 0) is 17.6 Å². The van der Waals surface area contributed by atoms with Crippen molar-refractivity contribution in [2.24, 2.45) is 4.99 Å². The first-order valence-electron chi connectivity index (χ1n) is 8.88. The summed E-state index contributed by atoms with van der Waals surface area (Å²) in [4.78, 5) is 6.92. The Morgan fingerprint density at radius 3 is 2.83 bits per heavy atom. The number of hydrogen-bond donors (Lipinski definition) is 3. The SMILES string of the molecule is [O-][NH+]1NC(=NCCCN2CCOCC2)Nc2cc3c(cc21)CCC3. The minimum atomic E-state index is -0.0506. The van der Waals surface area contributed by atoms with Gasteiger partial charge in [-0.2, -0.15) is 5.43 Å². The van der Waals surface area contributed by atoms with E-state index in [-0.39, 0.29) is 5.17 Å². The molecule has 1 aliphatic carbocycles. The molecule has 7 nitrogen and oxygen atoms in total. The van der Waals surface area contributed by atoms with Gasteiger partial charge in [0.2, 0.25) is 5.96 Å². The van der Waals surface area contributed by atoms with Crippen molar-refractivity contribution in [1.29, 1.82) is 0 Å². The molecule has 3 N–H and O–H groups in total. The molecule has 0 aromatic heterocycles. The van der Waals surface area contributed by atoms with Gasteiger partial charge < -0.3 is 15.3 Å². The summed E-state index contributed by atoms with van der Waals surface area (Å²) in [6.07, 6.45) is 4.36. The van der Waals surface area contributed by atoms with Crippen molar-refractivity contribution in [1.82, 2.24) is 10.3 Å². The van der Waals surface area contributed by atoms with Gasteiger partial charge in [0.05, 0.1) is 13.2 Å². The normalized spacial score (nSPS) is 25.0. The Kier molecular flexibility index (Phi) is 4.66. The fraction of sp³-hybridized carbons (Fsp3) is 0.588. The van der Waals surface area contributed by atoms with E-state index in [1.54, 1.807) is 0 Å². The summed E-state index contributed by atoms with van der Waals surface area (Å²) in [6.45, 7) is 5.40. The average Bonchev–Trinajstić information content (AvgIpc) is 3.05. The number of guanidine groups is 1. The molecular formula is C17H25N5O2. The predicted molar refractivity (Wildman–Crippen MR) is 93.4 cm³/mol. The first-order chi connectivity index (χ1) is 11.8. The van der Waals surface area contributed by atoms with Crippen LogP contribution in [0.1, 0.15) is 24.0 Å². The first kappa shape index (κ1) is 15.8. The highest BCUT2D eigenvalue weighted by Gasteiger charge is 2.24. The molecule has 130 valence electrons. The van der Waals surface area contributed by atoms with Gasteiger partial charge in [-0.15, -0.1) is 0 Å². The quantitative estimate of drug-likeness (QED) is 0.543. The summed E-state index contributed by atoms with van der Waals surface area (Å²) in [6, 6.07) is 4.16. The molecule has 1 atom stereocenters. The number of quaternary nitrogens is 1. The number of ether oxygens (including phenoxy) is 1. The molecule has 0 amide bonds. The van der Waals surface area contributed by atoms with Crippen LogP contribution < -0.4 is 15.9 Å². The number of rotatable bonds is 4. The zero-order valence-corrected chi connectivity index (χ0v) is 13.9. The van der Waals surface area contributed by atoms with E-state index in [1.807, 2.05) is 6.07 Å². The predicted octanol–water partition coefficient (Wildman–Crippen LogP) is 0.198. The van der Waals surface area contributed by atoms with Crippen LogP contribution in [0.5, 0.6) is 0 Å². The number of fused-ring (bicyclic) bond motifs is 2. The van der Waals surface area contributed by atoms with Crippen molar-refractivity contribution in [3.8, 4) is 0 Å². The molecule has 1 aromatic rings. The van der Waals surface area contributed by atoms with Gasteiger partial charge in [-0.1, -0.05) is 0 Å². The summed E-state index contributed by atoms with van der Waals surface area (Å²) in [5.41, 5.74) is 7.18. The van der Waals surface area contributed by atoms with Crippen LogP contribution in [0.3, 0.4) is 0 Å². The summed E-state index contributed by atoms with van der Waals surface area (Å²) in [5.74, 6) is 0.576. The zero-order chi connectivity index (χ0) is 16.4. The van der Waals surface area contributed by atoms with Crippen molar-refractivity contribution in [3.63, 3.8) is 0 Å². The van der Waals surface area contributed by atoms with Gasteiger partial charge in [-0.25, -0.2) is 10.2 Å². The maximum absolute atomic E-state index is 12.3. The Morgan fingerprint density at radius 2 is 2.00 bits per heavy atom. The van der Waals surface area contributed by atoms with Crippen LogP contribution in [0.25, 0.3) is 0 Å². The van der Waals surface area contributed by atoms with Crippen LogP contribution in [-0.4, -0.2) is 50.3 Å². The van der Waals surface area contributed by atoms with E-state index >= 15 is 0 Å². The van der Waals surface area contributed by atoms with Crippen molar-refractivity contribution >= 4 is 17.3 Å². The van der Waals surface area contributed by atoms with E-state index in [4.69, 9.17) is 4.74 Å². The van der Waals surface area contributed by atoms with E-state index in [9.17, 15) is 5.21 Å². The second-order valence-electron chi connectivity index (χ2n) is 6.64. The van der Waals surface area contributed by atoms with Gasteiger partial charge in [0, 0.05) is 32.2 Å². The summed E-state index contributed by atoms with van der Waals surface area (Å²) >= 11 is 0. The smallest absolute Gasteiger partial charge is 0.243 e. The molecular weight excluding hydrogens is 306 g/mol. The topological polar surface area (TPSA) is 76.4 Å². The number of benzene rings is 1. The molecule has 1 unspecified atom stereocenters. The van der Waals surface area contributed by atoms with E-state index in [0.717, 1.165) is 63.5 Å². The number of anilines is 1. The molecule has 24 heavy (non-hydrogen) atoms. The lowest BCUT2D eigenvalue weighted by molar-refractivity contribution is -0.816. The standard InChI is InChI=1S/C17H25N5O2/c23-22-16-12-14-4-1-3-13(14)11-15(16)19-17(20-22)18-5-2-6-21-7-9-24-10-8-21/h11-12,22H,1-10H2,(H2,18,19,20). The molecule has 4 rings (SSSR count). The van der Waals surface area contributed by atoms with Gasteiger partial charge in [0.1, 0.15) is 5.69 Å². The Labute approximate surface area is 142 Å². The number of nitrogens with zero attached hydrogens (tertiary/aromatic N) is 2. The summed E-state index contributed by atoms with van der Waals surface area (Å²) in [5, 5.41) is 15.6. The molecule has 2 heterocycles. The van der Waals surface area contributed by atoms with E-state index in [0.29, 0.717) is 12.5 Å². The zero-order valence-electron chi connectivity index (χ0n) is 13.9. The monoisotopic (exact) mass is 331 g/mol. The lowest BCUT2D eigenvalue weighted by Crippen LogP contribution is -3.11. The van der Waals surface area contributed by atoms with E-state index in [1.165, 1.54) is 17.5 Å². The van der Waals surface area contributed by atoms with Crippen molar-refractivity contribution < 1.29 is 9.91 Å². The lowest BCUT2D eigenvalue weighted by Gasteiger charge is -2.31. The third-order valence-electron chi connectivity index (χ3n) is 4.97. The van der Waals surface area contributed by atoms with Gasteiger partial charge >= 0.3 is 0 Å². The lowest BCUT2D eigenvalue weighted by atomic mass is 10.1. The highest BCUT2D eigenvalue weighted by Crippen LogP contribution is 2.30. The Morgan fingerprint density at radius 1 is 1.21 bits per heavy atom. The number of aryl methyl sites for hydroxylation is 2. The molecule has 0 bridgehead atoms. The number of hydrogen-bond acceptors (Lipinski definition) is 4. The Bertz CT molecular complexity index is 628. The maximum Gasteiger partial charge on any atom is 0.243 e. The van der Waals surface area contributed by atoms with Gasteiger partial charge in [-0.3, -0.25) is 4.90 Å². The van der Waals surface area contributed by atoms with Crippen molar-refractivity contribution in [3.05, 3.63) is 28.5 Å².